The zero-order valence-electron chi connectivity index (χ0n) is 12.5. The fourth-order valence-electron chi connectivity index (χ4n) is 2.66. The number of hydrogen-bond acceptors (Lipinski definition) is 4. The van der Waals surface area contributed by atoms with Crippen molar-refractivity contribution in [2.24, 2.45) is 11.1 Å². The number of oxime groups is 1. The number of aliphatic hydroxyl groups excluding tert-OH is 1. The lowest BCUT2D eigenvalue weighted by Crippen LogP contribution is -2.16. The first kappa shape index (κ1) is 16.7. The lowest BCUT2D eigenvalue weighted by molar-refractivity contribution is -0.111. The van der Waals surface area contributed by atoms with Crippen molar-refractivity contribution >= 4 is 11.5 Å². The molecule has 0 radical (unpaired) electrons. The third-order valence-electron chi connectivity index (χ3n) is 3.90. The van der Waals surface area contributed by atoms with E-state index in [1.807, 2.05) is 0 Å². The van der Waals surface area contributed by atoms with Gasteiger partial charge in [-0.05, 0) is 12.5 Å². The maximum absolute atomic E-state index is 11.4. The van der Waals surface area contributed by atoms with Crippen molar-refractivity contribution in [3.63, 3.8) is 0 Å². The second-order valence-electron chi connectivity index (χ2n) is 5.59. The average Bonchev–Trinajstić information content (AvgIpc) is 2.72. The Morgan fingerprint density at radius 1 is 1.05 bits per heavy atom. The van der Waals surface area contributed by atoms with Gasteiger partial charge in [-0.15, -0.1) is 0 Å². The normalized spacial score (nSPS) is 20.6. The Hall–Kier alpha value is -1.32. The van der Waals surface area contributed by atoms with Crippen LogP contribution in [0.5, 0.6) is 0 Å². The first-order valence-electron chi connectivity index (χ1n) is 7.88. The van der Waals surface area contributed by atoms with E-state index in [1.54, 1.807) is 0 Å². The molecule has 0 saturated heterocycles. The summed E-state index contributed by atoms with van der Waals surface area (Å²) in [5.41, 5.74) is 0.0852. The van der Waals surface area contributed by atoms with E-state index in [-0.39, 0.29) is 17.4 Å². The Balaban J connectivity index is 2.06. The summed E-state index contributed by atoms with van der Waals surface area (Å²) in [6.07, 6.45) is 13.5. The van der Waals surface area contributed by atoms with Crippen molar-refractivity contribution in [2.75, 3.05) is 0 Å². The standard InChI is InChI=1S/C16H27NO3/c1-2-3-4-5-6-7-8-9-10-11-13-12-14(18)16(19)15(13)17-20/h12-13,18,20H,2-11H2,1H3/b17-15+. The lowest BCUT2D eigenvalue weighted by atomic mass is 9.98. The Morgan fingerprint density at radius 2 is 1.60 bits per heavy atom. The molecule has 114 valence electrons. The van der Waals surface area contributed by atoms with Crippen LogP contribution in [0, 0.1) is 5.92 Å². The molecule has 0 aromatic heterocycles. The molecule has 0 amide bonds. The summed E-state index contributed by atoms with van der Waals surface area (Å²) in [7, 11) is 0. The molecule has 1 rings (SSSR count). The highest BCUT2D eigenvalue weighted by Crippen LogP contribution is 2.23. The van der Waals surface area contributed by atoms with Crippen molar-refractivity contribution in [1.82, 2.24) is 0 Å². The molecular weight excluding hydrogens is 254 g/mol. The van der Waals surface area contributed by atoms with Crippen molar-refractivity contribution < 1.29 is 15.1 Å². The number of Topliss-reactive ketones (excluding diaryl/α,β-unsaturated/α-hetero) is 1. The van der Waals surface area contributed by atoms with Crippen LogP contribution in [-0.2, 0) is 4.79 Å². The molecule has 0 heterocycles. The van der Waals surface area contributed by atoms with Crippen LogP contribution in [0.1, 0.15) is 71.1 Å². The molecule has 0 saturated carbocycles. The highest BCUT2D eigenvalue weighted by molar-refractivity contribution is 6.48. The molecule has 0 aromatic carbocycles. The predicted octanol–water partition coefficient (Wildman–Crippen LogP) is 4.38. The third-order valence-corrected chi connectivity index (χ3v) is 3.90. The maximum atomic E-state index is 11.4. The summed E-state index contributed by atoms with van der Waals surface area (Å²) in [4.78, 5) is 11.4. The fraction of sp³-hybridized carbons (Fsp3) is 0.750. The molecule has 0 aliphatic heterocycles. The summed E-state index contributed by atoms with van der Waals surface area (Å²) >= 11 is 0. The van der Waals surface area contributed by atoms with E-state index >= 15 is 0 Å². The van der Waals surface area contributed by atoms with E-state index in [0.717, 1.165) is 19.3 Å². The minimum absolute atomic E-state index is 0.0852. The third kappa shape index (κ3) is 5.35. The Labute approximate surface area is 121 Å². The van der Waals surface area contributed by atoms with Gasteiger partial charge in [-0.3, -0.25) is 4.79 Å². The number of carbonyl (C=O) groups excluding carboxylic acids is 1. The number of carbonyl (C=O) groups is 1. The summed E-state index contributed by atoms with van der Waals surface area (Å²) in [5, 5.41) is 21.1. The molecule has 1 aliphatic carbocycles. The predicted molar refractivity (Wildman–Crippen MR) is 80.3 cm³/mol. The van der Waals surface area contributed by atoms with Crippen LogP contribution in [0.15, 0.2) is 17.0 Å². The molecule has 0 aromatic rings. The fourth-order valence-corrected chi connectivity index (χ4v) is 2.66. The quantitative estimate of drug-likeness (QED) is 0.355. The average molecular weight is 281 g/mol. The van der Waals surface area contributed by atoms with E-state index in [9.17, 15) is 9.90 Å². The van der Waals surface area contributed by atoms with Gasteiger partial charge >= 0.3 is 0 Å². The smallest absolute Gasteiger partial charge is 0.245 e. The van der Waals surface area contributed by atoms with E-state index in [2.05, 4.69) is 12.1 Å². The van der Waals surface area contributed by atoms with Gasteiger partial charge in [-0.2, -0.15) is 0 Å². The van der Waals surface area contributed by atoms with Gasteiger partial charge in [-0.25, -0.2) is 0 Å². The number of hydrogen-bond donors (Lipinski definition) is 2. The van der Waals surface area contributed by atoms with Crippen LogP contribution in [0.4, 0.5) is 0 Å². The van der Waals surface area contributed by atoms with Crippen molar-refractivity contribution in [3.05, 3.63) is 11.8 Å². The number of rotatable bonds is 10. The minimum atomic E-state index is -0.534. The lowest BCUT2D eigenvalue weighted by Gasteiger charge is -2.07. The Kier molecular flexibility index (Phi) is 8.00. The van der Waals surface area contributed by atoms with Crippen LogP contribution in [0.2, 0.25) is 0 Å². The summed E-state index contributed by atoms with van der Waals surface area (Å²) in [6, 6.07) is 0. The molecule has 4 nitrogen and oxygen atoms in total. The Morgan fingerprint density at radius 3 is 2.15 bits per heavy atom. The molecule has 20 heavy (non-hydrogen) atoms. The Bertz CT molecular complexity index is 361. The van der Waals surface area contributed by atoms with E-state index in [4.69, 9.17) is 5.21 Å². The van der Waals surface area contributed by atoms with Gasteiger partial charge in [0.05, 0.1) is 0 Å². The molecule has 1 unspecified atom stereocenters. The molecular formula is C16H27NO3. The van der Waals surface area contributed by atoms with Gasteiger partial charge < -0.3 is 10.3 Å². The number of nitrogens with zero attached hydrogens (tertiary/aromatic N) is 1. The molecule has 4 heteroatoms. The van der Waals surface area contributed by atoms with Crippen LogP contribution < -0.4 is 0 Å². The zero-order chi connectivity index (χ0) is 14.8. The van der Waals surface area contributed by atoms with E-state index < -0.39 is 5.78 Å². The minimum Gasteiger partial charge on any atom is -0.504 e. The SMILES string of the molecule is CCCCCCCCCCCC1C=C(O)C(=O)/C1=N/O. The van der Waals surface area contributed by atoms with E-state index in [0.29, 0.717) is 0 Å². The monoisotopic (exact) mass is 281 g/mol. The number of unbranched alkanes of at least 4 members (excludes halogenated alkanes) is 8. The van der Waals surface area contributed by atoms with Gasteiger partial charge in [0, 0.05) is 5.92 Å². The second kappa shape index (κ2) is 9.56. The van der Waals surface area contributed by atoms with Crippen LogP contribution in [0.25, 0.3) is 0 Å². The topological polar surface area (TPSA) is 69.9 Å². The van der Waals surface area contributed by atoms with Gasteiger partial charge in [0.25, 0.3) is 0 Å². The molecule has 1 atom stereocenters. The molecule has 2 N–H and O–H groups in total. The second-order valence-corrected chi connectivity index (χ2v) is 5.59. The van der Waals surface area contributed by atoms with Gasteiger partial charge in [-0.1, -0.05) is 69.9 Å². The largest absolute Gasteiger partial charge is 0.504 e. The molecule has 0 bridgehead atoms. The van der Waals surface area contributed by atoms with Gasteiger partial charge in [0.2, 0.25) is 5.78 Å². The van der Waals surface area contributed by atoms with E-state index in [1.165, 1.54) is 51.0 Å². The van der Waals surface area contributed by atoms with Gasteiger partial charge in [0.15, 0.2) is 5.76 Å². The molecule has 0 fully saturated rings. The van der Waals surface area contributed by atoms with Crippen molar-refractivity contribution in [2.45, 2.75) is 71.1 Å². The number of allylic oxidation sites excluding steroid dienone is 2. The van der Waals surface area contributed by atoms with Crippen LogP contribution in [0.3, 0.4) is 0 Å². The van der Waals surface area contributed by atoms with Crippen molar-refractivity contribution in [1.29, 1.82) is 0 Å². The highest BCUT2D eigenvalue weighted by Gasteiger charge is 2.31. The zero-order valence-corrected chi connectivity index (χ0v) is 12.5. The number of ketones is 1. The first-order chi connectivity index (χ1) is 9.70. The molecule has 1 aliphatic rings. The highest BCUT2D eigenvalue weighted by atomic mass is 16.4. The first-order valence-corrected chi connectivity index (χ1v) is 7.88. The number of aliphatic hydroxyl groups is 1. The summed E-state index contributed by atoms with van der Waals surface area (Å²) in [5.74, 6) is -1.02. The van der Waals surface area contributed by atoms with Crippen LogP contribution in [-0.4, -0.2) is 21.8 Å². The van der Waals surface area contributed by atoms with Crippen molar-refractivity contribution in [3.8, 4) is 0 Å². The van der Waals surface area contributed by atoms with Crippen LogP contribution >= 0.6 is 0 Å². The molecule has 0 spiro atoms. The maximum Gasteiger partial charge on any atom is 0.245 e. The summed E-state index contributed by atoms with van der Waals surface area (Å²) in [6.45, 7) is 2.23. The summed E-state index contributed by atoms with van der Waals surface area (Å²) < 4.78 is 0. The van der Waals surface area contributed by atoms with Gasteiger partial charge in [0.1, 0.15) is 5.71 Å².